The number of pyridine rings is 1. The zero-order valence-electron chi connectivity index (χ0n) is 9.76. The standard InChI is InChI=1S/C13H13ClN2O2/c1-8(10-6-9(17)2-3-13(10)18)16-12-7-15-5-4-11(12)14/h2-8,16-18H,1H3. The van der Waals surface area contributed by atoms with E-state index in [1.54, 1.807) is 18.5 Å². The molecule has 1 heterocycles. The number of benzene rings is 1. The highest BCUT2D eigenvalue weighted by Crippen LogP contribution is 2.31. The van der Waals surface area contributed by atoms with Crippen molar-refractivity contribution in [3.8, 4) is 11.5 Å². The second-order valence-electron chi connectivity index (χ2n) is 3.96. The first-order chi connectivity index (χ1) is 8.58. The van der Waals surface area contributed by atoms with Crippen molar-refractivity contribution in [1.29, 1.82) is 0 Å². The number of nitrogens with zero attached hydrogens (tertiary/aromatic N) is 1. The Hall–Kier alpha value is -1.94. The number of aromatic nitrogens is 1. The lowest BCUT2D eigenvalue weighted by atomic mass is 10.1. The molecular formula is C13H13ClN2O2. The van der Waals surface area contributed by atoms with Crippen LogP contribution in [0.4, 0.5) is 5.69 Å². The summed E-state index contributed by atoms with van der Waals surface area (Å²) in [6.45, 7) is 1.86. The fourth-order valence-electron chi connectivity index (χ4n) is 1.68. The fraction of sp³-hybridized carbons (Fsp3) is 0.154. The van der Waals surface area contributed by atoms with E-state index in [4.69, 9.17) is 11.6 Å². The molecule has 0 radical (unpaired) electrons. The van der Waals surface area contributed by atoms with Gasteiger partial charge in [0.05, 0.1) is 22.9 Å². The number of aromatic hydroxyl groups is 2. The summed E-state index contributed by atoms with van der Waals surface area (Å²) in [5.74, 6) is 0.224. The lowest BCUT2D eigenvalue weighted by molar-refractivity contribution is 0.451. The van der Waals surface area contributed by atoms with Gasteiger partial charge in [-0.1, -0.05) is 11.6 Å². The maximum atomic E-state index is 9.75. The first-order valence-corrected chi connectivity index (χ1v) is 5.83. The van der Waals surface area contributed by atoms with Crippen LogP contribution in [0.5, 0.6) is 11.5 Å². The minimum absolute atomic E-state index is 0.105. The number of hydrogen-bond acceptors (Lipinski definition) is 4. The van der Waals surface area contributed by atoms with Gasteiger partial charge in [-0.25, -0.2) is 0 Å². The molecule has 1 aromatic heterocycles. The van der Waals surface area contributed by atoms with Crippen LogP contribution in [-0.4, -0.2) is 15.2 Å². The summed E-state index contributed by atoms with van der Waals surface area (Å²) in [6.07, 6.45) is 3.21. The molecule has 0 amide bonds. The van der Waals surface area contributed by atoms with E-state index >= 15 is 0 Å². The van der Waals surface area contributed by atoms with Gasteiger partial charge in [-0.3, -0.25) is 4.98 Å². The van der Waals surface area contributed by atoms with Gasteiger partial charge >= 0.3 is 0 Å². The zero-order chi connectivity index (χ0) is 13.1. The second kappa shape index (κ2) is 5.14. The molecule has 94 valence electrons. The number of hydrogen-bond donors (Lipinski definition) is 3. The summed E-state index contributed by atoms with van der Waals surface area (Å²) < 4.78 is 0. The fourth-order valence-corrected chi connectivity index (χ4v) is 1.84. The predicted molar refractivity (Wildman–Crippen MR) is 71.1 cm³/mol. The molecule has 0 saturated heterocycles. The van der Waals surface area contributed by atoms with Crippen molar-refractivity contribution in [1.82, 2.24) is 4.98 Å². The van der Waals surface area contributed by atoms with Crippen LogP contribution in [-0.2, 0) is 0 Å². The highest BCUT2D eigenvalue weighted by Gasteiger charge is 2.12. The van der Waals surface area contributed by atoms with Gasteiger partial charge in [0.2, 0.25) is 0 Å². The van der Waals surface area contributed by atoms with Crippen molar-refractivity contribution in [2.24, 2.45) is 0 Å². The van der Waals surface area contributed by atoms with Crippen LogP contribution >= 0.6 is 11.6 Å². The highest BCUT2D eigenvalue weighted by atomic mass is 35.5. The van der Waals surface area contributed by atoms with E-state index < -0.39 is 0 Å². The number of halogens is 1. The molecule has 2 aromatic rings. The van der Waals surface area contributed by atoms with Crippen LogP contribution in [0.3, 0.4) is 0 Å². The maximum absolute atomic E-state index is 9.75. The number of nitrogens with one attached hydrogen (secondary N) is 1. The molecule has 4 nitrogen and oxygen atoms in total. The SMILES string of the molecule is CC(Nc1cnccc1Cl)c1cc(O)ccc1O. The van der Waals surface area contributed by atoms with Crippen molar-refractivity contribution in [2.45, 2.75) is 13.0 Å². The summed E-state index contributed by atoms with van der Waals surface area (Å²) in [4.78, 5) is 3.97. The van der Waals surface area contributed by atoms with E-state index in [0.29, 0.717) is 16.3 Å². The minimum atomic E-state index is -0.209. The summed E-state index contributed by atoms with van der Waals surface area (Å²) in [7, 11) is 0. The third-order valence-electron chi connectivity index (χ3n) is 2.62. The largest absolute Gasteiger partial charge is 0.508 e. The average molecular weight is 265 g/mol. The molecule has 0 aliphatic carbocycles. The maximum Gasteiger partial charge on any atom is 0.121 e. The van der Waals surface area contributed by atoms with Gasteiger partial charge in [0, 0.05) is 11.8 Å². The van der Waals surface area contributed by atoms with E-state index in [2.05, 4.69) is 10.3 Å². The first-order valence-electron chi connectivity index (χ1n) is 5.46. The van der Waals surface area contributed by atoms with Crippen molar-refractivity contribution in [3.63, 3.8) is 0 Å². The molecule has 0 bridgehead atoms. The minimum Gasteiger partial charge on any atom is -0.508 e. The number of phenols is 2. The molecule has 2 rings (SSSR count). The number of anilines is 1. The van der Waals surface area contributed by atoms with Crippen LogP contribution in [0, 0.1) is 0 Å². The smallest absolute Gasteiger partial charge is 0.121 e. The quantitative estimate of drug-likeness (QED) is 0.744. The van der Waals surface area contributed by atoms with Crippen LogP contribution in [0.1, 0.15) is 18.5 Å². The zero-order valence-corrected chi connectivity index (χ0v) is 10.5. The Morgan fingerprint density at radius 2 is 2.06 bits per heavy atom. The van der Waals surface area contributed by atoms with Crippen molar-refractivity contribution in [3.05, 3.63) is 47.2 Å². The Morgan fingerprint density at radius 3 is 2.78 bits per heavy atom. The van der Waals surface area contributed by atoms with Crippen LogP contribution in [0.25, 0.3) is 0 Å². The number of phenolic OH excluding ortho intramolecular Hbond substituents is 2. The Balaban J connectivity index is 2.25. The Bertz CT molecular complexity index is 560. The Morgan fingerprint density at radius 1 is 1.28 bits per heavy atom. The number of rotatable bonds is 3. The highest BCUT2D eigenvalue weighted by molar-refractivity contribution is 6.33. The van der Waals surface area contributed by atoms with Crippen molar-refractivity contribution < 1.29 is 10.2 Å². The molecule has 18 heavy (non-hydrogen) atoms. The molecule has 0 aliphatic rings. The van der Waals surface area contributed by atoms with Gasteiger partial charge in [-0.15, -0.1) is 0 Å². The molecule has 0 fully saturated rings. The van der Waals surface area contributed by atoms with Gasteiger partial charge in [-0.05, 0) is 31.2 Å². The first kappa shape index (κ1) is 12.5. The monoisotopic (exact) mass is 264 g/mol. The van der Waals surface area contributed by atoms with Gasteiger partial charge < -0.3 is 15.5 Å². The average Bonchev–Trinajstić information content (AvgIpc) is 2.35. The normalized spacial score (nSPS) is 12.1. The van der Waals surface area contributed by atoms with Gasteiger partial charge in [-0.2, -0.15) is 0 Å². The molecule has 0 aliphatic heterocycles. The summed E-state index contributed by atoms with van der Waals surface area (Å²) >= 11 is 6.01. The molecule has 0 saturated carbocycles. The lowest BCUT2D eigenvalue weighted by Gasteiger charge is -2.17. The summed E-state index contributed by atoms with van der Waals surface area (Å²) in [5.41, 5.74) is 1.27. The topological polar surface area (TPSA) is 65.4 Å². The molecule has 1 atom stereocenters. The Labute approximate surface area is 110 Å². The molecule has 1 aromatic carbocycles. The van der Waals surface area contributed by atoms with Gasteiger partial charge in [0.15, 0.2) is 0 Å². The van der Waals surface area contributed by atoms with Crippen molar-refractivity contribution in [2.75, 3.05) is 5.32 Å². The van der Waals surface area contributed by atoms with Gasteiger partial charge in [0.25, 0.3) is 0 Å². The van der Waals surface area contributed by atoms with Crippen LogP contribution in [0.2, 0.25) is 5.02 Å². The van der Waals surface area contributed by atoms with Crippen molar-refractivity contribution >= 4 is 17.3 Å². The predicted octanol–water partition coefficient (Wildman–Crippen LogP) is 3.32. The molecule has 0 spiro atoms. The molecule has 1 unspecified atom stereocenters. The Kier molecular flexibility index (Phi) is 3.58. The second-order valence-corrected chi connectivity index (χ2v) is 4.37. The third-order valence-corrected chi connectivity index (χ3v) is 2.95. The van der Waals surface area contributed by atoms with E-state index in [0.717, 1.165) is 0 Å². The molecule has 5 heteroatoms. The van der Waals surface area contributed by atoms with E-state index in [1.165, 1.54) is 18.2 Å². The van der Waals surface area contributed by atoms with Crippen LogP contribution in [0.15, 0.2) is 36.7 Å². The molecular weight excluding hydrogens is 252 g/mol. The third kappa shape index (κ3) is 2.65. The van der Waals surface area contributed by atoms with E-state index in [1.807, 2.05) is 6.92 Å². The van der Waals surface area contributed by atoms with Crippen LogP contribution < -0.4 is 5.32 Å². The lowest BCUT2D eigenvalue weighted by Crippen LogP contribution is -2.07. The van der Waals surface area contributed by atoms with Gasteiger partial charge in [0.1, 0.15) is 11.5 Å². The van der Waals surface area contributed by atoms with E-state index in [-0.39, 0.29) is 17.5 Å². The summed E-state index contributed by atoms with van der Waals surface area (Å²) in [5, 5.41) is 22.9. The molecule has 3 N–H and O–H groups in total. The van der Waals surface area contributed by atoms with E-state index in [9.17, 15) is 10.2 Å². The summed E-state index contributed by atoms with van der Waals surface area (Å²) in [6, 6.07) is 5.87.